The highest BCUT2D eigenvalue weighted by molar-refractivity contribution is 5.14. The van der Waals surface area contributed by atoms with Crippen LogP contribution in [-0.2, 0) is 5.41 Å². The first-order chi connectivity index (χ1) is 6.57. The molecule has 0 saturated carbocycles. The van der Waals surface area contributed by atoms with E-state index >= 15 is 0 Å². The molecule has 1 fully saturated rings. The van der Waals surface area contributed by atoms with Crippen molar-refractivity contribution in [2.75, 3.05) is 13.1 Å². The second-order valence-electron chi connectivity index (χ2n) is 5.12. The van der Waals surface area contributed by atoms with E-state index in [0.29, 0.717) is 5.92 Å². The Labute approximate surface area is 85.3 Å². The van der Waals surface area contributed by atoms with Gasteiger partial charge in [-0.15, -0.1) is 0 Å². The van der Waals surface area contributed by atoms with Crippen molar-refractivity contribution in [2.45, 2.75) is 38.5 Å². The smallest absolute Gasteiger partial charge is 0.110 e. The molecule has 0 aromatic carbocycles. The minimum absolute atomic E-state index is 0.178. The molecular weight excluding hydrogens is 174 g/mol. The van der Waals surface area contributed by atoms with E-state index in [1.54, 1.807) is 0 Å². The van der Waals surface area contributed by atoms with Crippen LogP contribution in [0, 0.1) is 0 Å². The fraction of sp³-hybridized carbons (Fsp3) is 0.727. The third kappa shape index (κ3) is 1.82. The molecule has 0 aliphatic carbocycles. The maximum Gasteiger partial charge on any atom is 0.110 e. The monoisotopic (exact) mass is 193 g/mol. The number of H-pyrrole nitrogens is 1. The van der Waals surface area contributed by atoms with Gasteiger partial charge in [-0.3, -0.25) is 0 Å². The van der Waals surface area contributed by atoms with Crippen molar-refractivity contribution in [2.24, 2.45) is 0 Å². The zero-order valence-electron chi connectivity index (χ0n) is 9.22. The summed E-state index contributed by atoms with van der Waals surface area (Å²) in [6, 6.07) is 0. The zero-order chi connectivity index (χ0) is 10.2. The molecule has 2 heterocycles. The maximum atomic E-state index is 4.47. The first kappa shape index (κ1) is 9.71. The number of imidazole rings is 1. The standard InChI is InChI=1S/C11H19N3/c1-11(2,3)9-7-13-10(14-9)8-4-5-12-6-8/h7-8,12H,4-6H2,1-3H3,(H,13,14). The Hall–Kier alpha value is -0.830. The highest BCUT2D eigenvalue weighted by atomic mass is 15.0. The summed E-state index contributed by atoms with van der Waals surface area (Å²) >= 11 is 0. The lowest BCUT2D eigenvalue weighted by atomic mass is 9.93. The number of rotatable bonds is 1. The Bertz CT molecular complexity index is 303. The van der Waals surface area contributed by atoms with Crippen molar-refractivity contribution >= 4 is 0 Å². The quantitative estimate of drug-likeness (QED) is 0.714. The summed E-state index contributed by atoms with van der Waals surface area (Å²) in [4.78, 5) is 7.91. The molecule has 1 aliphatic rings. The molecule has 0 radical (unpaired) electrons. The molecule has 0 amide bonds. The SMILES string of the molecule is CC(C)(C)c1cnc(C2CCNC2)[nH]1. The van der Waals surface area contributed by atoms with Gasteiger partial charge < -0.3 is 10.3 Å². The summed E-state index contributed by atoms with van der Waals surface area (Å²) < 4.78 is 0. The molecule has 1 atom stereocenters. The van der Waals surface area contributed by atoms with Gasteiger partial charge in [-0.25, -0.2) is 4.98 Å². The predicted molar refractivity (Wildman–Crippen MR) is 57.5 cm³/mol. The Morgan fingerprint density at radius 2 is 2.21 bits per heavy atom. The number of aromatic amines is 1. The van der Waals surface area contributed by atoms with Crippen LogP contribution in [0.15, 0.2) is 6.20 Å². The van der Waals surface area contributed by atoms with Crippen LogP contribution >= 0.6 is 0 Å². The number of hydrogen-bond donors (Lipinski definition) is 2. The van der Waals surface area contributed by atoms with Crippen molar-refractivity contribution in [3.63, 3.8) is 0 Å². The summed E-state index contributed by atoms with van der Waals surface area (Å²) in [5.74, 6) is 1.74. The summed E-state index contributed by atoms with van der Waals surface area (Å²) in [5, 5.41) is 3.36. The van der Waals surface area contributed by atoms with Crippen LogP contribution in [0.25, 0.3) is 0 Å². The predicted octanol–water partition coefficient (Wildman–Crippen LogP) is 1.78. The van der Waals surface area contributed by atoms with E-state index in [0.717, 1.165) is 18.9 Å². The molecule has 0 spiro atoms. The molecule has 3 heteroatoms. The van der Waals surface area contributed by atoms with Gasteiger partial charge in [-0.05, 0) is 13.0 Å². The second kappa shape index (κ2) is 3.39. The highest BCUT2D eigenvalue weighted by Crippen LogP contribution is 2.24. The van der Waals surface area contributed by atoms with E-state index in [1.807, 2.05) is 6.20 Å². The lowest BCUT2D eigenvalue weighted by molar-refractivity contribution is 0.568. The Kier molecular flexibility index (Phi) is 2.35. The van der Waals surface area contributed by atoms with Gasteiger partial charge in [0.1, 0.15) is 5.82 Å². The van der Waals surface area contributed by atoms with Crippen molar-refractivity contribution in [3.05, 3.63) is 17.7 Å². The number of aromatic nitrogens is 2. The van der Waals surface area contributed by atoms with Gasteiger partial charge in [-0.1, -0.05) is 20.8 Å². The molecule has 14 heavy (non-hydrogen) atoms. The molecule has 1 aliphatic heterocycles. The van der Waals surface area contributed by atoms with Gasteiger partial charge in [0, 0.05) is 29.8 Å². The Morgan fingerprint density at radius 3 is 2.71 bits per heavy atom. The lowest BCUT2D eigenvalue weighted by Gasteiger charge is -2.15. The van der Waals surface area contributed by atoms with E-state index in [-0.39, 0.29) is 5.41 Å². The van der Waals surface area contributed by atoms with Crippen LogP contribution in [0.5, 0.6) is 0 Å². The lowest BCUT2D eigenvalue weighted by Crippen LogP contribution is -2.12. The van der Waals surface area contributed by atoms with E-state index in [1.165, 1.54) is 12.1 Å². The molecule has 1 aromatic heterocycles. The van der Waals surface area contributed by atoms with Gasteiger partial charge in [0.25, 0.3) is 0 Å². The zero-order valence-corrected chi connectivity index (χ0v) is 9.22. The molecule has 1 saturated heterocycles. The topological polar surface area (TPSA) is 40.7 Å². The fourth-order valence-corrected chi connectivity index (χ4v) is 1.81. The minimum atomic E-state index is 0.178. The van der Waals surface area contributed by atoms with Gasteiger partial charge in [-0.2, -0.15) is 0 Å². The molecule has 1 aromatic rings. The van der Waals surface area contributed by atoms with Crippen molar-refractivity contribution in [1.82, 2.24) is 15.3 Å². The summed E-state index contributed by atoms with van der Waals surface area (Å²) in [5.41, 5.74) is 1.41. The van der Waals surface area contributed by atoms with E-state index in [2.05, 4.69) is 36.1 Å². The van der Waals surface area contributed by atoms with Crippen LogP contribution in [-0.4, -0.2) is 23.1 Å². The highest BCUT2D eigenvalue weighted by Gasteiger charge is 2.22. The van der Waals surface area contributed by atoms with Gasteiger partial charge in [0.05, 0.1) is 0 Å². The maximum absolute atomic E-state index is 4.47. The average molecular weight is 193 g/mol. The van der Waals surface area contributed by atoms with Crippen LogP contribution in [0.3, 0.4) is 0 Å². The molecule has 2 N–H and O–H groups in total. The molecular formula is C11H19N3. The van der Waals surface area contributed by atoms with Gasteiger partial charge in [0.2, 0.25) is 0 Å². The number of hydrogen-bond acceptors (Lipinski definition) is 2. The number of nitrogens with one attached hydrogen (secondary N) is 2. The fourth-order valence-electron chi connectivity index (χ4n) is 1.81. The molecule has 78 valence electrons. The third-order valence-corrected chi connectivity index (χ3v) is 2.85. The average Bonchev–Trinajstić information content (AvgIpc) is 2.73. The first-order valence-electron chi connectivity index (χ1n) is 5.33. The summed E-state index contributed by atoms with van der Waals surface area (Å²) in [6.07, 6.45) is 3.19. The molecule has 0 bridgehead atoms. The van der Waals surface area contributed by atoms with Crippen LogP contribution in [0.1, 0.15) is 44.6 Å². The largest absolute Gasteiger partial charge is 0.345 e. The van der Waals surface area contributed by atoms with Crippen molar-refractivity contribution in [1.29, 1.82) is 0 Å². The van der Waals surface area contributed by atoms with Crippen LogP contribution in [0.2, 0.25) is 0 Å². The second-order valence-corrected chi connectivity index (χ2v) is 5.12. The van der Waals surface area contributed by atoms with Gasteiger partial charge >= 0.3 is 0 Å². The Balaban J connectivity index is 2.17. The molecule has 1 unspecified atom stereocenters. The summed E-state index contributed by atoms with van der Waals surface area (Å²) in [6.45, 7) is 8.80. The van der Waals surface area contributed by atoms with Crippen LogP contribution in [0.4, 0.5) is 0 Å². The van der Waals surface area contributed by atoms with E-state index in [9.17, 15) is 0 Å². The third-order valence-electron chi connectivity index (χ3n) is 2.85. The minimum Gasteiger partial charge on any atom is -0.345 e. The van der Waals surface area contributed by atoms with Crippen molar-refractivity contribution in [3.8, 4) is 0 Å². The summed E-state index contributed by atoms with van der Waals surface area (Å²) in [7, 11) is 0. The van der Waals surface area contributed by atoms with Crippen molar-refractivity contribution < 1.29 is 0 Å². The van der Waals surface area contributed by atoms with Crippen LogP contribution < -0.4 is 5.32 Å². The number of nitrogens with zero attached hydrogens (tertiary/aromatic N) is 1. The molecule has 3 nitrogen and oxygen atoms in total. The normalized spacial score (nSPS) is 22.9. The molecule has 2 rings (SSSR count). The van der Waals surface area contributed by atoms with E-state index in [4.69, 9.17) is 0 Å². The first-order valence-corrected chi connectivity index (χ1v) is 5.33. The van der Waals surface area contributed by atoms with E-state index < -0.39 is 0 Å². The van der Waals surface area contributed by atoms with Gasteiger partial charge in [0.15, 0.2) is 0 Å². The Morgan fingerprint density at radius 1 is 1.43 bits per heavy atom.